The van der Waals surface area contributed by atoms with E-state index in [0.29, 0.717) is 0 Å². The molecule has 0 aromatic carbocycles. The van der Waals surface area contributed by atoms with Gasteiger partial charge in [0.1, 0.15) is 5.76 Å². The summed E-state index contributed by atoms with van der Waals surface area (Å²) in [4.78, 5) is 2.04. The predicted molar refractivity (Wildman–Crippen MR) is 46.7 cm³/mol. The normalized spacial score (nSPS) is 13.7. The van der Waals surface area contributed by atoms with Crippen molar-refractivity contribution in [1.82, 2.24) is 4.90 Å². The molecule has 0 saturated carbocycles. The van der Waals surface area contributed by atoms with Crippen molar-refractivity contribution in [2.75, 3.05) is 13.7 Å². The summed E-state index contributed by atoms with van der Waals surface area (Å²) in [6.45, 7) is 2.90. The molecular formula is C9H15NO2. The average Bonchev–Trinajstić information content (AvgIpc) is 2.55. The molecule has 0 spiro atoms. The van der Waals surface area contributed by atoms with Crippen LogP contribution < -0.4 is 0 Å². The van der Waals surface area contributed by atoms with Gasteiger partial charge in [-0.15, -0.1) is 0 Å². The van der Waals surface area contributed by atoms with Crippen LogP contribution in [0.25, 0.3) is 0 Å². The molecule has 1 aromatic rings. The van der Waals surface area contributed by atoms with Gasteiger partial charge in [-0.3, -0.25) is 4.90 Å². The first-order valence-electron chi connectivity index (χ1n) is 4.07. The molecular weight excluding hydrogens is 154 g/mol. The highest BCUT2D eigenvalue weighted by atomic mass is 16.3. The van der Waals surface area contributed by atoms with Gasteiger partial charge in [-0.25, -0.2) is 0 Å². The van der Waals surface area contributed by atoms with Gasteiger partial charge in [0, 0.05) is 6.04 Å². The second-order valence-electron chi connectivity index (χ2n) is 3.03. The molecule has 12 heavy (non-hydrogen) atoms. The lowest BCUT2D eigenvalue weighted by Crippen LogP contribution is -2.31. The topological polar surface area (TPSA) is 36.6 Å². The first-order valence-corrected chi connectivity index (χ1v) is 4.07. The molecule has 0 saturated heterocycles. The van der Waals surface area contributed by atoms with Crippen LogP contribution in [0.5, 0.6) is 0 Å². The summed E-state index contributed by atoms with van der Waals surface area (Å²) in [5, 5.41) is 8.86. The minimum Gasteiger partial charge on any atom is -0.468 e. The standard InChI is InChI=1S/C9H15NO2/c1-8(7-11)10(2)6-9-4-3-5-12-9/h3-5,8,11H,6-7H2,1-2H3. The van der Waals surface area contributed by atoms with E-state index in [-0.39, 0.29) is 12.6 Å². The maximum Gasteiger partial charge on any atom is 0.117 e. The molecule has 68 valence electrons. The third kappa shape index (κ3) is 2.36. The van der Waals surface area contributed by atoms with Crippen LogP contribution in [-0.2, 0) is 6.54 Å². The van der Waals surface area contributed by atoms with E-state index < -0.39 is 0 Å². The first-order chi connectivity index (χ1) is 5.74. The third-order valence-corrected chi connectivity index (χ3v) is 2.00. The Morgan fingerprint density at radius 3 is 2.92 bits per heavy atom. The maximum absolute atomic E-state index is 8.86. The molecule has 1 aromatic heterocycles. The van der Waals surface area contributed by atoms with Gasteiger partial charge in [0.15, 0.2) is 0 Å². The molecule has 1 atom stereocenters. The minimum absolute atomic E-state index is 0.176. The Balaban J connectivity index is 2.41. The zero-order valence-corrected chi connectivity index (χ0v) is 7.53. The second-order valence-corrected chi connectivity index (χ2v) is 3.03. The fourth-order valence-electron chi connectivity index (χ4n) is 0.944. The molecule has 0 bridgehead atoms. The van der Waals surface area contributed by atoms with Gasteiger partial charge in [0.2, 0.25) is 0 Å². The molecule has 1 N–H and O–H groups in total. The molecule has 0 radical (unpaired) electrons. The number of hydrogen-bond acceptors (Lipinski definition) is 3. The quantitative estimate of drug-likeness (QED) is 0.733. The Hall–Kier alpha value is -0.800. The lowest BCUT2D eigenvalue weighted by molar-refractivity contribution is 0.147. The molecule has 0 fully saturated rings. The molecule has 0 aliphatic carbocycles. The molecule has 1 heterocycles. The largest absolute Gasteiger partial charge is 0.468 e. The molecule has 3 heteroatoms. The van der Waals surface area contributed by atoms with Crippen molar-refractivity contribution in [1.29, 1.82) is 0 Å². The molecule has 0 aliphatic heterocycles. The van der Waals surface area contributed by atoms with Crippen LogP contribution >= 0.6 is 0 Å². The number of hydrogen-bond donors (Lipinski definition) is 1. The molecule has 3 nitrogen and oxygen atoms in total. The zero-order valence-electron chi connectivity index (χ0n) is 7.53. The fraction of sp³-hybridized carbons (Fsp3) is 0.556. The van der Waals surface area contributed by atoms with Gasteiger partial charge in [-0.2, -0.15) is 0 Å². The molecule has 1 rings (SSSR count). The predicted octanol–water partition coefficient (Wildman–Crippen LogP) is 1.09. The second kappa shape index (κ2) is 4.28. The summed E-state index contributed by atoms with van der Waals surface area (Å²) in [5.41, 5.74) is 0. The van der Waals surface area contributed by atoms with E-state index in [9.17, 15) is 0 Å². The van der Waals surface area contributed by atoms with E-state index in [1.54, 1.807) is 6.26 Å². The Labute approximate surface area is 72.6 Å². The lowest BCUT2D eigenvalue weighted by Gasteiger charge is -2.21. The highest BCUT2D eigenvalue weighted by Gasteiger charge is 2.08. The SMILES string of the molecule is CC(CO)N(C)Cc1ccco1. The van der Waals surface area contributed by atoms with Crippen molar-refractivity contribution in [3.05, 3.63) is 24.2 Å². The van der Waals surface area contributed by atoms with Crippen molar-refractivity contribution in [3.8, 4) is 0 Å². The van der Waals surface area contributed by atoms with E-state index in [2.05, 4.69) is 0 Å². The monoisotopic (exact) mass is 169 g/mol. The summed E-state index contributed by atoms with van der Waals surface area (Å²) < 4.78 is 5.18. The summed E-state index contributed by atoms with van der Waals surface area (Å²) >= 11 is 0. The van der Waals surface area contributed by atoms with Gasteiger partial charge in [0.05, 0.1) is 19.4 Å². The third-order valence-electron chi connectivity index (χ3n) is 2.00. The highest BCUT2D eigenvalue weighted by molar-refractivity contribution is 4.97. The minimum atomic E-state index is 0.176. The van der Waals surface area contributed by atoms with Gasteiger partial charge < -0.3 is 9.52 Å². The Morgan fingerprint density at radius 1 is 1.67 bits per heavy atom. The molecule has 1 unspecified atom stereocenters. The van der Waals surface area contributed by atoms with E-state index in [0.717, 1.165) is 12.3 Å². The van der Waals surface area contributed by atoms with Crippen LogP contribution in [0.4, 0.5) is 0 Å². The van der Waals surface area contributed by atoms with Crippen LogP contribution in [0, 0.1) is 0 Å². The van der Waals surface area contributed by atoms with Crippen molar-refractivity contribution < 1.29 is 9.52 Å². The summed E-state index contributed by atoms with van der Waals surface area (Å²) in [5.74, 6) is 0.929. The van der Waals surface area contributed by atoms with Crippen molar-refractivity contribution in [2.24, 2.45) is 0 Å². The van der Waals surface area contributed by atoms with Crippen molar-refractivity contribution in [3.63, 3.8) is 0 Å². The van der Waals surface area contributed by atoms with Gasteiger partial charge in [0.25, 0.3) is 0 Å². The summed E-state index contributed by atoms with van der Waals surface area (Å²) in [6.07, 6.45) is 1.66. The van der Waals surface area contributed by atoms with Crippen LogP contribution in [0.15, 0.2) is 22.8 Å². The first kappa shape index (κ1) is 9.29. The average molecular weight is 169 g/mol. The number of likely N-dealkylation sites (N-methyl/N-ethyl adjacent to an activating group) is 1. The summed E-state index contributed by atoms with van der Waals surface area (Å²) in [6, 6.07) is 3.98. The number of rotatable bonds is 4. The lowest BCUT2D eigenvalue weighted by atomic mass is 10.3. The smallest absolute Gasteiger partial charge is 0.117 e. The van der Waals surface area contributed by atoms with Crippen LogP contribution in [0.2, 0.25) is 0 Å². The number of furan rings is 1. The summed E-state index contributed by atoms with van der Waals surface area (Å²) in [7, 11) is 1.96. The number of aliphatic hydroxyl groups excluding tert-OH is 1. The number of nitrogens with zero attached hydrogens (tertiary/aromatic N) is 1. The van der Waals surface area contributed by atoms with Gasteiger partial charge >= 0.3 is 0 Å². The number of aliphatic hydroxyl groups is 1. The Kier molecular flexibility index (Phi) is 3.31. The fourth-order valence-corrected chi connectivity index (χ4v) is 0.944. The van der Waals surface area contributed by atoms with Crippen LogP contribution in [0.3, 0.4) is 0 Å². The van der Waals surface area contributed by atoms with E-state index >= 15 is 0 Å². The van der Waals surface area contributed by atoms with Gasteiger partial charge in [-0.05, 0) is 26.1 Å². The van der Waals surface area contributed by atoms with E-state index in [4.69, 9.17) is 9.52 Å². The Morgan fingerprint density at radius 2 is 2.42 bits per heavy atom. The van der Waals surface area contributed by atoms with E-state index in [1.807, 2.05) is 31.0 Å². The van der Waals surface area contributed by atoms with E-state index in [1.165, 1.54) is 0 Å². The van der Waals surface area contributed by atoms with Crippen LogP contribution in [-0.4, -0.2) is 29.7 Å². The maximum atomic E-state index is 8.86. The molecule has 0 amide bonds. The van der Waals surface area contributed by atoms with Crippen molar-refractivity contribution in [2.45, 2.75) is 19.5 Å². The van der Waals surface area contributed by atoms with Gasteiger partial charge in [-0.1, -0.05) is 0 Å². The van der Waals surface area contributed by atoms with Crippen LogP contribution in [0.1, 0.15) is 12.7 Å². The highest BCUT2D eigenvalue weighted by Crippen LogP contribution is 2.05. The van der Waals surface area contributed by atoms with Crippen molar-refractivity contribution >= 4 is 0 Å². The zero-order chi connectivity index (χ0) is 8.97. The molecule has 0 aliphatic rings. The Bertz CT molecular complexity index is 208.